The van der Waals surface area contributed by atoms with Crippen LogP contribution < -0.4 is 4.90 Å². The minimum atomic E-state index is -0.295. The third-order valence-corrected chi connectivity index (χ3v) is 5.27. The number of rotatable bonds is 2. The Morgan fingerprint density at radius 2 is 1.74 bits per heavy atom. The minimum absolute atomic E-state index is 0.140. The molecule has 0 bridgehead atoms. The lowest BCUT2D eigenvalue weighted by molar-refractivity contribution is 0.0988. The molecule has 1 N–H and O–H groups in total. The first kappa shape index (κ1) is 18.1. The van der Waals surface area contributed by atoms with Gasteiger partial charge in [-0.25, -0.2) is 0 Å². The summed E-state index contributed by atoms with van der Waals surface area (Å²) in [7, 11) is 0. The van der Waals surface area contributed by atoms with Gasteiger partial charge in [0, 0.05) is 32.4 Å². The number of aromatic amines is 1. The molecule has 0 spiro atoms. The predicted octanol–water partition coefficient (Wildman–Crippen LogP) is 5.76. The van der Waals surface area contributed by atoms with Crippen molar-refractivity contribution in [1.82, 2.24) is 10.2 Å². The van der Waals surface area contributed by atoms with Gasteiger partial charge in [0.1, 0.15) is 0 Å². The molecular formula is C21H19Cl2N3O. The van der Waals surface area contributed by atoms with Crippen molar-refractivity contribution in [3.05, 3.63) is 81.1 Å². The average Bonchev–Trinajstić information content (AvgIpc) is 3.15. The Kier molecular flexibility index (Phi) is 4.28. The van der Waals surface area contributed by atoms with E-state index in [-0.39, 0.29) is 17.4 Å². The molecule has 4 nitrogen and oxygen atoms in total. The predicted molar refractivity (Wildman–Crippen MR) is 109 cm³/mol. The summed E-state index contributed by atoms with van der Waals surface area (Å²) in [6, 6.07) is 14.6. The van der Waals surface area contributed by atoms with Crippen LogP contribution in [0.2, 0.25) is 10.0 Å². The topological polar surface area (TPSA) is 49.0 Å². The second-order valence-electron chi connectivity index (χ2n) is 7.72. The maximum Gasteiger partial charge on any atom is 0.280 e. The van der Waals surface area contributed by atoms with Gasteiger partial charge in [0.05, 0.1) is 6.04 Å². The summed E-state index contributed by atoms with van der Waals surface area (Å²) in [5, 5.41) is 8.69. The van der Waals surface area contributed by atoms with Crippen LogP contribution >= 0.6 is 23.2 Å². The van der Waals surface area contributed by atoms with Gasteiger partial charge in [0.15, 0.2) is 5.69 Å². The van der Waals surface area contributed by atoms with E-state index in [0.717, 1.165) is 22.5 Å². The Morgan fingerprint density at radius 1 is 1.04 bits per heavy atom. The number of halogens is 2. The number of aromatic nitrogens is 2. The van der Waals surface area contributed by atoms with Crippen molar-refractivity contribution in [3.8, 4) is 0 Å². The number of carbonyl (C=O) groups is 1. The van der Waals surface area contributed by atoms with Gasteiger partial charge in [-0.05, 0) is 35.9 Å². The second kappa shape index (κ2) is 6.39. The lowest BCUT2D eigenvalue weighted by atomic mass is 9.85. The van der Waals surface area contributed by atoms with Crippen LogP contribution in [0.25, 0.3) is 0 Å². The number of amides is 1. The fourth-order valence-corrected chi connectivity index (χ4v) is 3.88. The van der Waals surface area contributed by atoms with Crippen molar-refractivity contribution in [2.75, 3.05) is 4.90 Å². The second-order valence-corrected chi connectivity index (χ2v) is 8.59. The van der Waals surface area contributed by atoms with Crippen molar-refractivity contribution in [2.24, 2.45) is 0 Å². The van der Waals surface area contributed by atoms with Crippen LogP contribution in [0.5, 0.6) is 0 Å². The fourth-order valence-electron chi connectivity index (χ4n) is 3.57. The van der Waals surface area contributed by atoms with E-state index in [9.17, 15) is 4.79 Å². The summed E-state index contributed by atoms with van der Waals surface area (Å²) in [5.41, 5.74) is 3.85. The number of hydrogen-bond donors (Lipinski definition) is 1. The first-order chi connectivity index (χ1) is 12.8. The van der Waals surface area contributed by atoms with Crippen LogP contribution in [0.4, 0.5) is 5.69 Å². The van der Waals surface area contributed by atoms with E-state index in [0.29, 0.717) is 15.7 Å². The molecule has 0 aliphatic carbocycles. The number of hydrogen-bond acceptors (Lipinski definition) is 2. The smallest absolute Gasteiger partial charge is 0.280 e. The molecule has 1 unspecified atom stereocenters. The Hall–Kier alpha value is -2.30. The molecule has 0 fully saturated rings. The van der Waals surface area contributed by atoms with E-state index < -0.39 is 0 Å². The van der Waals surface area contributed by atoms with Crippen LogP contribution in [0.15, 0.2) is 48.5 Å². The summed E-state index contributed by atoms with van der Waals surface area (Å²) in [4.78, 5) is 15.0. The lowest BCUT2D eigenvalue weighted by Gasteiger charge is -2.28. The van der Waals surface area contributed by atoms with Gasteiger partial charge in [-0.1, -0.05) is 62.2 Å². The van der Waals surface area contributed by atoms with Gasteiger partial charge in [-0.3, -0.25) is 14.8 Å². The van der Waals surface area contributed by atoms with Gasteiger partial charge in [-0.15, -0.1) is 0 Å². The highest BCUT2D eigenvalue weighted by Crippen LogP contribution is 2.45. The first-order valence-electron chi connectivity index (χ1n) is 8.70. The monoisotopic (exact) mass is 399 g/mol. The number of nitrogens with one attached hydrogen (secondary N) is 1. The number of anilines is 1. The summed E-state index contributed by atoms with van der Waals surface area (Å²) in [6.07, 6.45) is 0. The highest BCUT2D eigenvalue weighted by atomic mass is 35.5. The number of fused-ring (bicyclic) bond motifs is 1. The molecule has 0 saturated carbocycles. The molecule has 1 atom stereocenters. The zero-order valence-electron chi connectivity index (χ0n) is 15.3. The number of carbonyl (C=O) groups excluding carboxylic acids is 1. The maximum atomic E-state index is 13.3. The summed E-state index contributed by atoms with van der Waals surface area (Å²) in [6.45, 7) is 6.31. The molecule has 2 aromatic carbocycles. The van der Waals surface area contributed by atoms with Crippen molar-refractivity contribution >= 4 is 34.8 Å². The number of nitrogens with zero attached hydrogens (tertiary/aromatic N) is 2. The minimum Gasteiger partial charge on any atom is -0.295 e. The average molecular weight is 400 g/mol. The largest absolute Gasteiger partial charge is 0.295 e. The molecule has 138 valence electrons. The Morgan fingerprint density at radius 3 is 2.37 bits per heavy atom. The van der Waals surface area contributed by atoms with Crippen molar-refractivity contribution in [1.29, 1.82) is 0 Å². The quantitative estimate of drug-likeness (QED) is 0.594. The number of H-pyrrole nitrogens is 1. The SMILES string of the molecule is CC(C)(C)c1[nH]nc2c1C(c1ccc(Cl)cc1)N(c1cccc(Cl)c1)C2=O. The van der Waals surface area contributed by atoms with Crippen molar-refractivity contribution in [3.63, 3.8) is 0 Å². The van der Waals surface area contributed by atoms with Gasteiger partial charge in [0.25, 0.3) is 5.91 Å². The molecule has 0 saturated heterocycles. The van der Waals surface area contributed by atoms with Crippen molar-refractivity contribution in [2.45, 2.75) is 32.2 Å². The Bertz CT molecular complexity index is 1020. The molecule has 1 aromatic heterocycles. The van der Waals surface area contributed by atoms with E-state index in [1.807, 2.05) is 36.4 Å². The van der Waals surface area contributed by atoms with E-state index in [2.05, 4.69) is 31.0 Å². The Labute approximate surface area is 168 Å². The lowest BCUT2D eigenvalue weighted by Crippen LogP contribution is -2.30. The Balaban J connectivity index is 1.95. The molecular weight excluding hydrogens is 381 g/mol. The fraction of sp³-hybridized carbons (Fsp3) is 0.238. The third kappa shape index (κ3) is 3.03. The molecule has 3 aromatic rings. The van der Waals surface area contributed by atoms with Crippen LogP contribution in [0, 0.1) is 0 Å². The molecule has 1 amide bonds. The number of benzene rings is 2. The maximum absolute atomic E-state index is 13.3. The summed E-state index contributed by atoms with van der Waals surface area (Å²) in [5.74, 6) is -0.140. The van der Waals surface area contributed by atoms with E-state index in [1.54, 1.807) is 17.0 Å². The highest BCUT2D eigenvalue weighted by Gasteiger charge is 2.44. The van der Waals surface area contributed by atoms with E-state index in [4.69, 9.17) is 23.2 Å². The van der Waals surface area contributed by atoms with E-state index >= 15 is 0 Å². The first-order valence-corrected chi connectivity index (χ1v) is 9.46. The third-order valence-electron chi connectivity index (χ3n) is 4.78. The highest BCUT2D eigenvalue weighted by molar-refractivity contribution is 6.31. The van der Waals surface area contributed by atoms with Gasteiger partial charge < -0.3 is 0 Å². The molecule has 1 aliphatic rings. The summed E-state index contributed by atoms with van der Waals surface area (Å²) < 4.78 is 0. The van der Waals surface area contributed by atoms with Gasteiger partial charge in [-0.2, -0.15) is 5.10 Å². The van der Waals surface area contributed by atoms with Gasteiger partial charge in [0.2, 0.25) is 0 Å². The molecule has 27 heavy (non-hydrogen) atoms. The van der Waals surface area contributed by atoms with E-state index in [1.165, 1.54) is 0 Å². The summed E-state index contributed by atoms with van der Waals surface area (Å²) >= 11 is 12.3. The van der Waals surface area contributed by atoms with Crippen LogP contribution in [-0.2, 0) is 5.41 Å². The molecule has 2 heterocycles. The van der Waals surface area contributed by atoms with Crippen LogP contribution in [-0.4, -0.2) is 16.1 Å². The zero-order valence-corrected chi connectivity index (χ0v) is 16.8. The molecule has 6 heteroatoms. The molecule has 4 rings (SSSR count). The van der Waals surface area contributed by atoms with Crippen LogP contribution in [0.1, 0.15) is 54.1 Å². The standard InChI is InChI=1S/C21H19Cl2N3O/c1-21(2,3)19-16-17(24-25-19)20(27)26(15-6-4-5-14(23)11-15)18(16)12-7-9-13(22)10-8-12/h4-11,18H,1-3H3,(H,24,25). The normalized spacial score (nSPS) is 16.7. The zero-order chi connectivity index (χ0) is 19.3. The van der Waals surface area contributed by atoms with Crippen LogP contribution in [0.3, 0.4) is 0 Å². The van der Waals surface area contributed by atoms with Crippen molar-refractivity contribution < 1.29 is 4.79 Å². The van der Waals surface area contributed by atoms with Gasteiger partial charge >= 0.3 is 0 Å². The molecule has 0 radical (unpaired) electrons. The molecule has 1 aliphatic heterocycles.